The molecule has 2 aliphatic rings. The molecule has 2 fully saturated rings. The van der Waals surface area contributed by atoms with Crippen molar-refractivity contribution in [3.05, 3.63) is 42.0 Å². The number of nitrogens with one attached hydrogen (secondary N) is 1. The van der Waals surface area contributed by atoms with Crippen LogP contribution in [0.4, 0.5) is 17.6 Å². The predicted octanol–water partition coefficient (Wildman–Crippen LogP) is 4.68. The van der Waals surface area contributed by atoms with E-state index in [1.807, 2.05) is 36.5 Å². The summed E-state index contributed by atoms with van der Waals surface area (Å²) in [7, 11) is 0. The van der Waals surface area contributed by atoms with E-state index in [9.17, 15) is 0 Å². The highest BCUT2D eigenvalue weighted by atomic mass is 15.4. The number of aromatic nitrogens is 2. The van der Waals surface area contributed by atoms with Gasteiger partial charge in [0.25, 0.3) is 0 Å². The van der Waals surface area contributed by atoms with Crippen LogP contribution in [0.5, 0.6) is 0 Å². The van der Waals surface area contributed by atoms with Crippen LogP contribution in [-0.4, -0.2) is 42.4 Å². The van der Waals surface area contributed by atoms with Crippen LogP contribution in [0, 0.1) is 0 Å². The van der Waals surface area contributed by atoms with Gasteiger partial charge in [-0.15, -0.1) is 0 Å². The maximum Gasteiger partial charge on any atom is 0.229 e. The molecule has 1 aromatic carbocycles. The Labute approximate surface area is 174 Å². The van der Waals surface area contributed by atoms with Crippen LogP contribution in [0.3, 0.4) is 0 Å². The van der Waals surface area contributed by atoms with Crippen molar-refractivity contribution in [2.24, 2.45) is 5.10 Å². The average Bonchev–Trinajstić information content (AvgIpc) is 3.20. The van der Waals surface area contributed by atoms with Gasteiger partial charge in [0.1, 0.15) is 5.82 Å². The summed E-state index contributed by atoms with van der Waals surface area (Å²) in [5.41, 5.74) is 4.21. The molecule has 3 heterocycles. The Kier molecular flexibility index (Phi) is 6.94. The highest BCUT2D eigenvalue weighted by Crippen LogP contribution is 2.25. The van der Waals surface area contributed by atoms with Gasteiger partial charge in [-0.1, -0.05) is 56.0 Å². The van der Waals surface area contributed by atoms with Gasteiger partial charge in [0.05, 0.1) is 6.21 Å². The molecular weight excluding hydrogens is 360 g/mol. The van der Waals surface area contributed by atoms with Gasteiger partial charge in [-0.2, -0.15) is 15.1 Å². The molecule has 6 heteroatoms. The van der Waals surface area contributed by atoms with Crippen LogP contribution in [0.25, 0.3) is 0 Å². The minimum atomic E-state index is 0.769. The van der Waals surface area contributed by atoms with E-state index in [0.29, 0.717) is 0 Å². The zero-order valence-corrected chi connectivity index (χ0v) is 17.3. The van der Waals surface area contributed by atoms with Crippen LogP contribution in [0.1, 0.15) is 56.9 Å². The third-order valence-corrected chi connectivity index (χ3v) is 5.71. The Bertz CT molecular complexity index is 737. The van der Waals surface area contributed by atoms with E-state index in [0.717, 1.165) is 49.3 Å². The molecule has 4 rings (SSSR count). The van der Waals surface area contributed by atoms with E-state index in [-0.39, 0.29) is 0 Å². The van der Waals surface area contributed by atoms with Crippen LogP contribution >= 0.6 is 0 Å². The molecule has 6 nitrogen and oxygen atoms in total. The molecule has 0 radical (unpaired) electrons. The van der Waals surface area contributed by atoms with Crippen molar-refractivity contribution in [2.45, 2.75) is 51.4 Å². The lowest BCUT2D eigenvalue weighted by molar-refractivity contribution is 0.726. The van der Waals surface area contributed by atoms with Gasteiger partial charge in [-0.05, 0) is 31.2 Å². The van der Waals surface area contributed by atoms with Crippen molar-refractivity contribution in [2.75, 3.05) is 41.4 Å². The summed E-state index contributed by atoms with van der Waals surface area (Å²) < 4.78 is 0. The minimum Gasteiger partial charge on any atom is -0.356 e. The second-order valence-electron chi connectivity index (χ2n) is 7.99. The number of anilines is 3. The number of hydrogen-bond acceptors (Lipinski definition) is 6. The summed E-state index contributed by atoms with van der Waals surface area (Å²) in [6.45, 7) is 4.22. The summed E-state index contributed by atoms with van der Waals surface area (Å²) in [5.74, 6) is 2.63. The van der Waals surface area contributed by atoms with Gasteiger partial charge >= 0.3 is 0 Å². The summed E-state index contributed by atoms with van der Waals surface area (Å²) in [6.07, 6.45) is 12.0. The summed E-state index contributed by atoms with van der Waals surface area (Å²) in [5, 5.41) is 4.42. The van der Waals surface area contributed by atoms with Crippen molar-refractivity contribution < 1.29 is 0 Å². The Balaban J connectivity index is 1.57. The fraction of sp³-hybridized carbons (Fsp3) is 0.522. The highest BCUT2D eigenvalue weighted by molar-refractivity contribution is 5.80. The monoisotopic (exact) mass is 392 g/mol. The first-order chi connectivity index (χ1) is 14.4. The van der Waals surface area contributed by atoms with E-state index in [4.69, 9.17) is 9.97 Å². The van der Waals surface area contributed by atoms with Gasteiger partial charge in [0, 0.05) is 32.2 Å². The van der Waals surface area contributed by atoms with E-state index >= 15 is 0 Å². The second kappa shape index (κ2) is 10.2. The van der Waals surface area contributed by atoms with Gasteiger partial charge in [-0.3, -0.25) is 5.43 Å². The Hall–Kier alpha value is -2.63. The third-order valence-electron chi connectivity index (χ3n) is 5.71. The van der Waals surface area contributed by atoms with Gasteiger partial charge in [0.15, 0.2) is 5.82 Å². The maximum atomic E-state index is 4.98. The fourth-order valence-electron chi connectivity index (χ4n) is 4.07. The molecule has 0 unspecified atom stereocenters. The maximum absolute atomic E-state index is 4.98. The largest absolute Gasteiger partial charge is 0.356 e. The molecule has 0 spiro atoms. The third kappa shape index (κ3) is 5.68. The summed E-state index contributed by atoms with van der Waals surface area (Å²) >= 11 is 0. The van der Waals surface area contributed by atoms with Crippen molar-refractivity contribution in [3.63, 3.8) is 0 Å². The van der Waals surface area contributed by atoms with Gasteiger partial charge < -0.3 is 9.80 Å². The average molecular weight is 393 g/mol. The lowest BCUT2D eigenvalue weighted by Gasteiger charge is -2.25. The first-order valence-electron chi connectivity index (χ1n) is 11.1. The quantitative estimate of drug-likeness (QED) is 0.591. The zero-order chi connectivity index (χ0) is 19.7. The summed E-state index contributed by atoms with van der Waals surface area (Å²) in [6, 6.07) is 12.2. The van der Waals surface area contributed by atoms with Crippen molar-refractivity contribution in [3.8, 4) is 0 Å². The highest BCUT2D eigenvalue weighted by Gasteiger charge is 2.18. The molecule has 0 amide bonds. The Morgan fingerprint density at radius 3 is 2.03 bits per heavy atom. The van der Waals surface area contributed by atoms with Crippen LogP contribution in [0.15, 0.2) is 41.5 Å². The van der Waals surface area contributed by atoms with Gasteiger partial charge in [-0.25, -0.2) is 0 Å². The summed E-state index contributed by atoms with van der Waals surface area (Å²) in [4.78, 5) is 14.6. The first kappa shape index (κ1) is 19.7. The van der Waals surface area contributed by atoms with Gasteiger partial charge in [0.2, 0.25) is 5.95 Å². The van der Waals surface area contributed by atoms with Crippen molar-refractivity contribution >= 4 is 23.8 Å². The molecule has 1 N–H and O–H groups in total. The molecule has 1 aromatic heterocycles. The molecule has 0 atom stereocenters. The predicted molar refractivity (Wildman–Crippen MR) is 121 cm³/mol. The Morgan fingerprint density at radius 2 is 1.38 bits per heavy atom. The smallest absolute Gasteiger partial charge is 0.229 e. The standard InChI is InChI=1S/C23H32N6/c1-2-9-15-28(14-8-1)22-18-21(27-24-19-20-12-6-5-7-13-20)25-23(26-22)29-16-10-3-4-11-17-29/h5-7,12-13,18-19H,1-4,8-11,14-17H2,(H,25,26,27)/b24-19+. The van der Waals surface area contributed by atoms with E-state index in [1.165, 1.54) is 51.4 Å². The number of hydrazone groups is 1. The molecule has 0 saturated carbocycles. The number of rotatable bonds is 5. The lowest BCUT2D eigenvalue weighted by atomic mass is 10.2. The van der Waals surface area contributed by atoms with E-state index < -0.39 is 0 Å². The van der Waals surface area contributed by atoms with Crippen LogP contribution in [0.2, 0.25) is 0 Å². The van der Waals surface area contributed by atoms with Crippen molar-refractivity contribution in [1.82, 2.24) is 9.97 Å². The van der Waals surface area contributed by atoms with Crippen LogP contribution < -0.4 is 15.2 Å². The van der Waals surface area contributed by atoms with E-state index in [1.54, 1.807) is 0 Å². The van der Waals surface area contributed by atoms with E-state index in [2.05, 4.69) is 26.4 Å². The first-order valence-corrected chi connectivity index (χ1v) is 11.1. The minimum absolute atomic E-state index is 0.769. The lowest BCUT2D eigenvalue weighted by Crippen LogP contribution is -2.29. The topological polar surface area (TPSA) is 56.7 Å². The van der Waals surface area contributed by atoms with Crippen molar-refractivity contribution in [1.29, 1.82) is 0 Å². The molecule has 0 aliphatic carbocycles. The normalized spacial score (nSPS) is 18.5. The zero-order valence-electron chi connectivity index (χ0n) is 17.3. The molecule has 2 aromatic rings. The number of nitrogens with zero attached hydrogens (tertiary/aromatic N) is 5. The molecule has 0 bridgehead atoms. The molecule has 29 heavy (non-hydrogen) atoms. The molecular formula is C23H32N6. The molecule has 154 valence electrons. The number of benzene rings is 1. The van der Waals surface area contributed by atoms with Crippen LogP contribution in [-0.2, 0) is 0 Å². The SMILES string of the molecule is C(=N\Nc1cc(N2CCCCCC2)nc(N2CCCCCC2)n1)/c1ccccc1. The molecule has 2 aliphatic heterocycles. The Morgan fingerprint density at radius 1 is 0.759 bits per heavy atom. The fourth-order valence-corrected chi connectivity index (χ4v) is 4.07. The number of hydrogen-bond donors (Lipinski definition) is 1. The second-order valence-corrected chi connectivity index (χ2v) is 7.99. The molecule has 2 saturated heterocycles.